The van der Waals surface area contributed by atoms with Crippen molar-refractivity contribution in [2.24, 2.45) is 0 Å². The van der Waals surface area contributed by atoms with Crippen LogP contribution in [0.4, 0.5) is 5.82 Å². The summed E-state index contributed by atoms with van der Waals surface area (Å²) in [6.07, 6.45) is 6.41. The van der Waals surface area contributed by atoms with Crippen LogP contribution in [0.1, 0.15) is 32.2 Å². The highest BCUT2D eigenvalue weighted by Gasteiger charge is 2.38. The molecule has 1 aliphatic carbocycles. The summed E-state index contributed by atoms with van der Waals surface area (Å²) in [6, 6.07) is 7.89. The summed E-state index contributed by atoms with van der Waals surface area (Å²) in [5.74, 6) is 0.454. The van der Waals surface area contributed by atoms with Crippen molar-refractivity contribution in [3.63, 3.8) is 0 Å². The van der Waals surface area contributed by atoms with E-state index in [-0.39, 0.29) is 6.04 Å². The molecule has 0 radical (unpaired) electrons. The van der Waals surface area contributed by atoms with Gasteiger partial charge in [0, 0.05) is 23.3 Å². The van der Waals surface area contributed by atoms with Gasteiger partial charge in [-0.25, -0.2) is 4.98 Å². The molecule has 3 heterocycles. The van der Waals surface area contributed by atoms with E-state index in [0.717, 1.165) is 52.3 Å². The molecule has 0 saturated heterocycles. The van der Waals surface area contributed by atoms with Crippen LogP contribution in [0.3, 0.4) is 0 Å². The minimum Gasteiger partial charge on any atom is -0.388 e. The molecule has 2 atom stereocenters. The molecule has 4 N–H and O–H groups in total. The van der Waals surface area contributed by atoms with Crippen LogP contribution in [0.2, 0.25) is 0 Å². The number of aromatic amines is 1. The van der Waals surface area contributed by atoms with Crippen molar-refractivity contribution in [3.8, 4) is 11.3 Å². The van der Waals surface area contributed by atoms with E-state index in [1.54, 1.807) is 6.20 Å². The SMILES string of the molecule is CC1(O)CCCC1n1cc2c(N)nc3cc(-c4cc[nH]n4)ccc3c2n1. The first-order valence-electron chi connectivity index (χ1n) is 8.83. The largest absolute Gasteiger partial charge is 0.388 e. The number of nitrogens with one attached hydrogen (secondary N) is 1. The zero-order chi connectivity index (χ0) is 17.9. The lowest BCUT2D eigenvalue weighted by atomic mass is 10.0. The lowest BCUT2D eigenvalue weighted by Gasteiger charge is -2.25. The molecule has 132 valence electrons. The standard InChI is InChI=1S/C19H20N6O/c1-19(26)7-2-3-16(19)25-10-13-17(24-25)12-5-4-11(14-6-8-21-23-14)9-15(12)22-18(13)20/h4-6,8-10,16,26H,2-3,7H2,1H3,(H2,20,22)(H,21,23). The monoisotopic (exact) mass is 348 g/mol. The van der Waals surface area contributed by atoms with E-state index >= 15 is 0 Å². The summed E-state index contributed by atoms with van der Waals surface area (Å²) in [5, 5.41) is 24.2. The van der Waals surface area contributed by atoms with Gasteiger partial charge in [-0.1, -0.05) is 6.07 Å². The second-order valence-electron chi connectivity index (χ2n) is 7.33. The van der Waals surface area contributed by atoms with Crippen molar-refractivity contribution in [1.82, 2.24) is 25.0 Å². The van der Waals surface area contributed by atoms with E-state index in [2.05, 4.69) is 15.2 Å². The fraction of sp³-hybridized carbons (Fsp3) is 0.316. The molecule has 4 aromatic rings. The first-order chi connectivity index (χ1) is 12.5. The number of nitrogen functional groups attached to an aromatic ring is 1. The highest BCUT2D eigenvalue weighted by atomic mass is 16.3. The highest BCUT2D eigenvalue weighted by Crippen LogP contribution is 2.40. The van der Waals surface area contributed by atoms with Crippen LogP contribution in [-0.4, -0.2) is 35.7 Å². The maximum atomic E-state index is 10.6. The van der Waals surface area contributed by atoms with Gasteiger partial charge >= 0.3 is 0 Å². The first-order valence-corrected chi connectivity index (χ1v) is 8.83. The van der Waals surface area contributed by atoms with Crippen molar-refractivity contribution in [1.29, 1.82) is 0 Å². The van der Waals surface area contributed by atoms with E-state index in [1.807, 2.05) is 42.1 Å². The molecule has 26 heavy (non-hydrogen) atoms. The molecule has 1 fully saturated rings. The van der Waals surface area contributed by atoms with Crippen molar-refractivity contribution >= 4 is 27.6 Å². The number of nitrogens with zero attached hydrogens (tertiary/aromatic N) is 4. The molecule has 0 spiro atoms. The van der Waals surface area contributed by atoms with Gasteiger partial charge in [0.2, 0.25) is 0 Å². The molecule has 2 unspecified atom stereocenters. The van der Waals surface area contributed by atoms with E-state index < -0.39 is 5.60 Å². The van der Waals surface area contributed by atoms with Crippen LogP contribution in [0.15, 0.2) is 36.7 Å². The van der Waals surface area contributed by atoms with Crippen LogP contribution in [-0.2, 0) is 0 Å². The third-order valence-electron chi connectivity index (χ3n) is 5.50. The summed E-state index contributed by atoms with van der Waals surface area (Å²) in [6.45, 7) is 1.88. The van der Waals surface area contributed by atoms with Gasteiger partial charge in [-0.3, -0.25) is 9.78 Å². The summed E-state index contributed by atoms with van der Waals surface area (Å²) >= 11 is 0. The van der Waals surface area contributed by atoms with Crippen LogP contribution in [0, 0.1) is 0 Å². The summed E-state index contributed by atoms with van der Waals surface area (Å²) in [4.78, 5) is 4.57. The predicted octanol–water partition coefficient (Wildman–Crippen LogP) is 3.03. The van der Waals surface area contributed by atoms with Gasteiger partial charge < -0.3 is 10.8 Å². The summed E-state index contributed by atoms with van der Waals surface area (Å²) < 4.78 is 1.87. The topological polar surface area (TPSA) is 106 Å². The maximum absolute atomic E-state index is 10.6. The second kappa shape index (κ2) is 5.28. The lowest BCUT2D eigenvalue weighted by Crippen LogP contribution is -2.31. The van der Waals surface area contributed by atoms with E-state index in [9.17, 15) is 5.11 Å². The van der Waals surface area contributed by atoms with Crippen LogP contribution >= 0.6 is 0 Å². The van der Waals surface area contributed by atoms with Gasteiger partial charge in [0.15, 0.2) is 0 Å². The molecule has 1 aliphatic rings. The Kier molecular flexibility index (Phi) is 3.12. The Morgan fingerprint density at radius 1 is 1.31 bits per heavy atom. The van der Waals surface area contributed by atoms with Gasteiger partial charge in [-0.2, -0.15) is 10.2 Å². The number of rotatable bonds is 2. The number of fused-ring (bicyclic) bond motifs is 3. The zero-order valence-electron chi connectivity index (χ0n) is 14.5. The molecule has 0 bridgehead atoms. The molecule has 0 aliphatic heterocycles. The Bertz CT molecular complexity index is 1110. The third-order valence-corrected chi connectivity index (χ3v) is 5.50. The quantitative estimate of drug-likeness (QED) is 0.516. The van der Waals surface area contributed by atoms with Gasteiger partial charge in [0.25, 0.3) is 0 Å². The fourth-order valence-electron chi connectivity index (χ4n) is 4.08. The van der Waals surface area contributed by atoms with Crippen LogP contribution < -0.4 is 5.73 Å². The molecule has 1 saturated carbocycles. The number of hydrogen-bond donors (Lipinski definition) is 3. The van der Waals surface area contributed by atoms with Gasteiger partial charge in [-0.05, 0) is 44.4 Å². The van der Waals surface area contributed by atoms with Crippen molar-refractivity contribution in [2.75, 3.05) is 5.73 Å². The zero-order valence-corrected chi connectivity index (χ0v) is 14.5. The van der Waals surface area contributed by atoms with E-state index in [0.29, 0.717) is 5.82 Å². The number of anilines is 1. The highest BCUT2D eigenvalue weighted by molar-refractivity contribution is 6.08. The van der Waals surface area contributed by atoms with Crippen molar-refractivity contribution in [2.45, 2.75) is 37.8 Å². The number of aliphatic hydroxyl groups is 1. The molecule has 7 nitrogen and oxygen atoms in total. The summed E-state index contributed by atoms with van der Waals surface area (Å²) in [5.41, 5.74) is 8.93. The average Bonchev–Trinajstić information content (AvgIpc) is 3.32. The Hall–Kier alpha value is -2.93. The second-order valence-corrected chi connectivity index (χ2v) is 7.33. The smallest absolute Gasteiger partial charge is 0.135 e. The molecular formula is C19H20N6O. The predicted molar refractivity (Wildman–Crippen MR) is 101 cm³/mol. The minimum absolute atomic E-state index is 0.0346. The van der Waals surface area contributed by atoms with Gasteiger partial charge in [0.1, 0.15) is 11.3 Å². The lowest BCUT2D eigenvalue weighted by molar-refractivity contribution is 0.0224. The third kappa shape index (κ3) is 2.20. The number of hydrogen-bond acceptors (Lipinski definition) is 5. The van der Waals surface area contributed by atoms with Gasteiger partial charge in [-0.15, -0.1) is 0 Å². The molecule has 0 amide bonds. The average molecular weight is 348 g/mol. The fourth-order valence-corrected chi connectivity index (χ4v) is 4.08. The molecular weight excluding hydrogens is 328 g/mol. The summed E-state index contributed by atoms with van der Waals surface area (Å²) in [7, 11) is 0. The minimum atomic E-state index is -0.743. The maximum Gasteiger partial charge on any atom is 0.135 e. The number of nitrogens with two attached hydrogens (primary N) is 1. The number of pyridine rings is 1. The Balaban J connectivity index is 1.70. The number of benzene rings is 1. The van der Waals surface area contributed by atoms with E-state index in [4.69, 9.17) is 10.8 Å². The normalized spacial score (nSPS) is 23.2. The van der Waals surface area contributed by atoms with Crippen molar-refractivity contribution < 1.29 is 5.11 Å². The first kappa shape index (κ1) is 15.3. The Morgan fingerprint density at radius 2 is 2.19 bits per heavy atom. The molecule has 1 aromatic carbocycles. The Morgan fingerprint density at radius 3 is 2.92 bits per heavy atom. The van der Waals surface area contributed by atoms with Crippen molar-refractivity contribution in [3.05, 3.63) is 36.7 Å². The van der Waals surface area contributed by atoms with E-state index in [1.165, 1.54) is 0 Å². The Labute approximate surface area is 149 Å². The molecule has 3 aromatic heterocycles. The number of aromatic nitrogens is 5. The van der Waals surface area contributed by atoms with Gasteiger partial charge in [0.05, 0.1) is 28.2 Å². The number of H-pyrrole nitrogens is 1. The van der Waals surface area contributed by atoms with Crippen LogP contribution in [0.5, 0.6) is 0 Å². The van der Waals surface area contributed by atoms with Crippen LogP contribution in [0.25, 0.3) is 33.1 Å². The molecule has 5 rings (SSSR count). The molecule has 7 heteroatoms.